The van der Waals surface area contributed by atoms with Gasteiger partial charge in [-0.15, -0.1) is 0 Å². The molecule has 2 N–H and O–H groups in total. The summed E-state index contributed by atoms with van der Waals surface area (Å²) in [4.78, 5) is 8.43. The molecule has 0 atom stereocenters. The minimum Gasteiger partial charge on any atom is -0.467 e. The molecule has 0 saturated carbocycles. The van der Waals surface area contributed by atoms with Crippen molar-refractivity contribution in [2.45, 2.75) is 6.18 Å². The van der Waals surface area contributed by atoms with Crippen LogP contribution >= 0.6 is 11.6 Å². The van der Waals surface area contributed by atoms with E-state index in [-0.39, 0.29) is 29.9 Å². The largest absolute Gasteiger partial charge is 0.467 e. The average molecular weight is 285 g/mol. The molecule has 0 amide bonds. The smallest absolute Gasteiger partial charge is 0.405 e. The fraction of sp³-hybridized carbons (Fsp3) is 0.556. The maximum absolute atomic E-state index is 12.4. The number of hydrogen-bond acceptors (Lipinski definition) is 5. The van der Waals surface area contributed by atoms with Crippen molar-refractivity contribution in [2.75, 3.05) is 31.6 Å². The van der Waals surface area contributed by atoms with Crippen molar-refractivity contribution in [1.82, 2.24) is 9.97 Å². The highest BCUT2D eigenvalue weighted by Gasteiger charge is 2.32. The van der Waals surface area contributed by atoms with Crippen molar-refractivity contribution in [1.29, 1.82) is 0 Å². The van der Waals surface area contributed by atoms with Gasteiger partial charge in [0.05, 0.1) is 13.3 Å². The second kappa shape index (κ2) is 6.05. The van der Waals surface area contributed by atoms with Crippen LogP contribution in [0.5, 0.6) is 6.01 Å². The minimum atomic E-state index is -4.38. The number of alkyl halides is 3. The second-order valence-corrected chi connectivity index (χ2v) is 3.76. The normalized spacial score (nSPS) is 11.4. The monoisotopic (exact) mass is 284 g/mol. The van der Waals surface area contributed by atoms with Crippen LogP contribution in [-0.4, -0.2) is 42.9 Å². The molecule has 1 aromatic heterocycles. The van der Waals surface area contributed by atoms with Gasteiger partial charge >= 0.3 is 12.2 Å². The molecule has 0 fully saturated rings. The van der Waals surface area contributed by atoms with Gasteiger partial charge in [0, 0.05) is 13.1 Å². The lowest BCUT2D eigenvalue weighted by Gasteiger charge is -2.25. The predicted molar refractivity (Wildman–Crippen MR) is 60.9 cm³/mol. The topological polar surface area (TPSA) is 64.3 Å². The summed E-state index contributed by atoms with van der Waals surface area (Å²) < 4.78 is 42.0. The van der Waals surface area contributed by atoms with Crippen LogP contribution in [0.4, 0.5) is 19.0 Å². The number of aromatic nitrogens is 2. The van der Waals surface area contributed by atoms with Gasteiger partial charge in [-0.05, 0) is 0 Å². The third-order valence-electron chi connectivity index (χ3n) is 1.95. The molecule has 102 valence electrons. The first-order valence-electron chi connectivity index (χ1n) is 4.95. The van der Waals surface area contributed by atoms with Gasteiger partial charge in [0.25, 0.3) is 0 Å². The van der Waals surface area contributed by atoms with E-state index in [0.717, 1.165) is 4.90 Å². The van der Waals surface area contributed by atoms with E-state index >= 15 is 0 Å². The Balaban J connectivity index is 3.04. The minimum absolute atomic E-state index is 0.00787. The van der Waals surface area contributed by atoms with Crippen molar-refractivity contribution >= 4 is 17.4 Å². The van der Waals surface area contributed by atoms with Crippen LogP contribution in [0.25, 0.3) is 0 Å². The van der Waals surface area contributed by atoms with Gasteiger partial charge in [-0.1, -0.05) is 11.6 Å². The van der Waals surface area contributed by atoms with Crippen LogP contribution in [0.15, 0.2) is 6.20 Å². The lowest BCUT2D eigenvalue weighted by atomic mass is 10.4. The molecular weight excluding hydrogens is 273 g/mol. The first-order valence-corrected chi connectivity index (χ1v) is 5.33. The Kier molecular flexibility index (Phi) is 4.97. The predicted octanol–water partition coefficient (Wildman–Crippen LogP) is 1.47. The van der Waals surface area contributed by atoms with Crippen LogP contribution in [0.2, 0.25) is 5.02 Å². The fourth-order valence-electron chi connectivity index (χ4n) is 1.29. The SMILES string of the molecule is COc1ncc(Cl)c(N(CCN)CC(F)(F)F)n1. The highest BCUT2D eigenvalue weighted by molar-refractivity contribution is 6.32. The summed E-state index contributed by atoms with van der Waals surface area (Å²) in [5.41, 5.74) is 5.28. The summed E-state index contributed by atoms with van der Waals surface area (Å²) in [5.74, 6) is -0.0497. The Hall–Kier alpha value is -1.28. The maximum atomic E-state index is 12.4. The molecule has 0 aromatic carbocycles. The molecule has 0 unspecified atom stereocenters. The summed E-state index contributed by atoms with van der Waals surface area (Å²) in [6.45, 7) is -1.18. The lowest BCUT2D eigenvalue weighted by Crippen LogP contribution is -2.38. The Morgan fingerprint density at radius 3 is 2.67 bits per heavy atom. The summed E-state index contributed by atoms with van der Waals surface area (Å²) in [6, 6.07) is -0.0569. The van der Waals surface area contributed by atoms with E-state index in [4.69, 9.17) is 22.1 Å². The van der Waals surface area contributed by atoms with Crippen LogP contribution in [0.1, 0.15) is 0 Å². The van der Waals surface area contributed by atoms with Crippen molar-refractivity contribution in [2.24, 2.45) is 5.73 Å². The second-order valence-electron chi connectivity index (χ2n) is 3.35. The molecule has 0 aliphatic carbocycles. The van der Waals surface area contributed by atoms with Crippen LogP contribution in [0.3, 0.4) is 0 Å². The molecule has 0 spiro atoms. The standard InChI is InChI=1S/C9H12ClF3N4O/c1-18-8-15-4-6(10)7(16-8)17(3-2-14)5-9(11,12)13/h4H,2-3,5,14H2,1H3. The Morgan fingerprint density at radius 2 is 2.17 bits per heavy atom. The van der Waals surface area contributed by atoms with Gasteiger partial charge in [-0.3, -0.25) is 0 Å². The van der Waals surface area contributed by atoms with E-state index in [2.05, 4.69) is 9.97 Å². The molecule has 0 aliphatic heterocycles. The molecule has 0 aliphatic rings. The lowest BCUT2D eigenvalue weighted by molar-refractivity contribution is -0.119. The molecule has 1 rings (SSSR count). The number of ether oxygens (including phenoxy) is 1. The first kappa shape index (κ1) is 14.8. The maximum Gasteiger partial charge on any atom is 0.405 e. The van der Waals surface area contributed by atoms with E-state index in [1.54, 1.807) is 0 Å². The van der Waals surface area contributed by atoms with Crippen molar-refractivity contribution in [3.05, 3.63) is 11.2 Å². The molecule has 18 heavy (non-hydrogen) atoms. The summed E-state index contributed by atoms with van der Waals surface area (Å²) in [7, 11) is 1.31. The molecule has 5 nitrogen and oxygen atoms in total. The fourth-order valence-corrected chi connectivity index (χ4v) is 1.51. The van der Waals surface area contributed by atoms with E-state index in [9.17, 15) is 13.2 Å². The number of methoxy groups -OCH3 is 1. The molecule has 0 saturated heterocycles. The summed E-state index contributed by atoms with van der Waals surface area (Å²) in [5, 5.41) is 0.00787. The van der Waals surface area contributed by atoms with Gasteiger partial charge in [0.2, 0.25) is 0 Å². The van der Waals surface area contributed by atoms with Crippen LogP contribution in [-0.2, 0) is 0 Å². The van der Waals surface area contributed by atoms with Gasteiger partial charge in [-0.25, -0.2) is 4.98 Å². The molecule has 1 heterocycles. The molecule has 9 heteroatoms. The Labute approximate surface area is 107 Å². The number of nitrogens with zero attached hydrogens (tertiary/aromatic N) is 3. The van der Waals surface area contributed by atoms with Crippen molar-refractivity contribution in [3.8, 4) is 6.01 Å². The number of rotatable bonds is 5. The van der Waals surface area contributed by atoms with E-state index in [1.165, 1.54) is 13.3 Å². The average Bonchev–Trinajstić information content (AvgIpc) is 2.27. The third-order valence-corrected chi connectivity index (χ3v) is 2.22. The van der Waals surface area contributed by atoms with Crippen LogP contribution in [0, 0.1) is 0 Å². The first-order chi connectivity index (χ1) is 8.37. The van der Waals surface area contributed by atoms with Gasteiger partial charge in [0.15, 0.2) is 5.82 Å². The van der Waals surface area contributed by atoms with E-state index in [0.29, 0.717) is 0 Å². The van der Waals surface area contributed by atoms with E-state index in [1.807, 2.05) is 0 Å². The Morgan fingerprint density at radius 1 is 1.50 bits per heavy atom. The zero-order chi connectivity index (χ0) is 13.8. The van der Waals surface area contributed by atoms with E-state index < -0.39 is 12.7 Å². The molecule has 0 radical (unpaired) electrons. The highest BCUT2D eigenvalue weighted by Crippen LogP contribution is 2.27. The summed E-state index contributed by atoms with van der Waals surface area (Å²) in [6.07, 6.45) is -3.20. The zero-order valence-electron chi connectivity index (χ0n) is 9.54. The van der Waals surface area contributed by atoms with Gasteiger partial charge in [-0.2, -0.15) is 18.2 Å². The molecule has 0 bridgehead atoms. The van der Waals surface area contributed by atoms with Gasteiger partial charge < -0.3 is 15.4 Å². The third kappa shape index (κ3) is 4.19. The number of hydrogen-bond donors (Lipinski definition) is 1. The molecular formula is C9H12ClF3N4O. The van der Waals surface area contributed by atoms with Crippen molar-refractivity contribution in [3.63, 3.8) is 0 Å². The number of halogens is 4. The van der Waals surface area contributed by atoms with Gasteiger partial charge in [0.1, 0.15) is 11.6 Å². The Bertz CT molecular complexity index is 402. The number of nitrogens with two attached hydrogens (primary N) is 1. The van der Waals surface area contributed by atoms with Crippen molar-refractivity contribution < 1.29 is 17.9 Å². The highest BCUT2D eigenvalue weighted by atomic mass is 35.5. The zero-order valence-corrected chi connectivity index (χ0v) is 10.3. The summed E-state index contributed by atoms with van der Waals surface area (Å²) >= 11 is 5.78. The van der Waals surface area contributed by atoms with Crippen LogP contribution < -0.4 is 15.4 Å². The quantitative estimate of drug-likeness (QED) is 0.887. The molecule has 1 aromatic rings. The number of anilines is 1.